The number of carbonyl (C=O) groups excluding carboxylic acids is 6. The van der Waals surface area contributed by atoms with Crippen molar-refractivity contribution in [3.05, 3.63) is 0 Å². The second-order valence-electron chi connectivity index (χ2n) is 16.2. The predicted molar refractivity (Wildman–Crippen MR) is 163 cm³/mol. The highest BCUT2D eigenvalue weighted by Gasteiger charge is 2.69. The molecule has 0 aromatic heterocycles. The fourth-order valence-electron chi connectivity index (χ4n) is 6.81. The highest BCUT2D eigenvalue weighted by molar-refractivity contribution is 6.36. The Morgan fingerprint density at radius 2 is 1.61 bits per heavy atom. The van der Waals surface area contributed by atoms with Crippen LogP contribution in [0.3, 0.4) is 0 Å². The first-order chi connectivity index (χ1) is 20.3. The van der Waals surface area contributed by atoms with Gasteiger partial charge in [0.25, 0.3) is 5.91 Å². The number of esters is 1. The van der Waals surface area contributed by atoms with Crippen molar-refractivity contribution in [1.29, 1.82) is 0 Å². The number of carbonyl (C=O) groups is 6. The van der Waals surface area contributed by atoms with Gasteiger partial charge in [-0.2, -0.15) is 0 Å². The van der Waals surface area contributed by atoms with Gasteiger partial charge in [0, 0.05) is 24.3 Å². The molecule has 6 atom stereocenters. The molecule has 0 radical (unpaired) electrons. The van der Waals surface area contributed by atoms with Crippen LogP contribution in [0.5, 0.6) is 0 Å². The van der Waals surface area contributed by atoms with Gasteiger partial charge < -0.3 is 26.0 Å². The molecule has 11 heteroatoms. The van der Waals surface area contributed by atoms with Gasteiger partial charge in [-0.25, -0.2) is 9.59 Å². The monoisotopic (exact) mass is 616 g/mol. The van der Waals surface area contributed by atoms with E-state index >= 15 is 0 Å². The van der Waals surface area contributed by atoms with Gasteiger partial charge in [0.1, 0.15) is 12.1 Å². The first-order valence-corrected chi connectivity index (χ1v) is 16.2. The van der Waals surface area contributed by atoms with E-state index in [1.165, 1.54) is 0 Å². The number of hydrogen-bond acceptors (Lipinski definition) is 7. The summed E-state index contributed by atoms with van der Waals surface area (Å²) in [6.07, 6.45) is 4.21. The first-order valence-electron chi connectivity index (χ1n) is 16.2. The van der Waals surface area contributed by atoms with Crippen LogP contribution in [0.15, 0.2) is 0 Å². The van der Waals surface area contributed by atoms with Crippen LogP contribution in [0.4, 0.5) is 4.79 Å². The second-order valence-corrected chi connectivity index (χ2v) is 16.2. The molecule has 3 aliphatic carbocycles. The van der Waals surface area contributed by atoms with Crippen molar-refractivity contribution >= 4 is 35.4 Å². The molecule has 0 spiro atoms. The van der Waals surface area contributed by atoms with Crippen LogP contribution < -0.4 is 16.4 Å². The summed E-state index contributed by atoms with van der Waals surface area (Å²) in [5.41, 5.74) is 4.45. The molecular weight excluding hydrogens is 564 g/mol. The summed E-state index contributed by atoms with van der Waals surface area (Å²) in [7, 11) is 0. The molecule has 0 aromatic rings. The number of urea groups is 1. The third kappa shape index (κ3) is 7.45. The minimum atomic E-state index is -1.04. The van der Waals surface area contributed by atoms with Crippen LogP contribution in [0.25, 0.3) is 0 Å². The molecule has 4 rings (SSSR count). The van der Waals surface area contributed by atoms with Crippen molar-refractivity contribution in [2.24, 2.45) is 51.6 Å². The fourth-order valence-corrected chi connectivity index (χ4v) is 6.81. The number of fused-ring (bicyclic) bond motifs is 1. The van der Waals surface area contributed by atoms with E-state index in [4.69, 9.17) is 10.5 Å². The van der Waals surface area contributed by atoms with Crippen molar-refractivity contribution in [3.8, 4) is 0 Å². The molecule has 44 heavy (non-hydrogen) atoms. The number of Topliss-reactive ketones (excluding diaryl/α,β-unsaturated/α-hetero) is 2. The maximum absolute atomic E-state index is 14.2. The Kier molecular flexibility index (Phi) is 9.31. The zero-order chi connectivity index (χ0) is 32.9. The molecule has 4 aliphatic rings. The molecule has 0 bridgehead atoms. The molecule has 4 fully saturated rings. The molecule has 4 N–H and O–H groups in total. The molecule has 1 unspecified atom stereocenters. The number of piperidine rings is 1. The van der Waals surface area contributed by atoms with Gasteiger partial charge in [0.15, 0.2) is 5.78 Å². The van der Waals surface area contributed by atoms with Crippen LogP contribution >= 0.6 is 0 Å². The molecule has 11 nitrogen and oxygen atoms in total. The molecular formula is C33H52N4O7. The van der Waals surface area contributed by atoms with Crippen molar-refractivity contribution < 1.29 is 33.5 Å². The van der Waals surface area contributed by atoms with E-state index in [2.05, 4.69) is 31.4 Å². The number of hydrogen-bond donors (Lipinski definition) is 3. The van der Waals surface area contributed by atoms with Gasteiger partial charge in [-0.1, -0.05) is 68.2 Å². The van der Waals surface area contributed by atoms with Gasteiger partial charge in [-0.3, -0.25) is 19.2 Å². The number of nitrogens with two attached hydrogens (primary N) is 1. The standard InChI is InChI=1S/C33H52N4O7/c1-17(2)23(29(42)44-16-33(8)11-12-33)35-30(43)36-26(31(3,4)5)28(41)37-15-20-22(32(20,6)7)24(37)21(38)14-19(13-18-9-10-18)25(39)27(34)40/h17-20,22-24,26H,9-16H2,1-8H3,(H2,34,40)(H2,35,36,43)/t19?,20-,22-,23-,24+,26+/m0/s1. The highest BCUT2D eigenvalue weighted by Crippen LogP contribution is 2.65. The molecule has 3 saturated carbocycles. The van der Waals surface area contributed by atoms with Crippen molar-refractivity contribution in [2.45, 2.75) is 112 Å². The van der Waals surface area contributed by atoms with Gasteiger partial charge in [-0.05, 0) is 53.8 Å². The molecule has 246 valence electrons. The van der Waals surface area contributed by atoms with E-state index in [1.807, 2.05) is 34.6 Å². The Morgan fingerprint density at radius 3 is 2.11 bits per heavy atom. The lowest BCUT2D eigenvalue weighted by Crippen LogP contribution is -2.61. The third-order valence-electron chi connectivity index (χ3n) is 10.5. The molecule has 1 aliphatic heterocycles. The van der Waals surface area contributed by atoms with Crippen LogP contribution in [-0.2, 0) is 28.7 Å². The Hall–Kier alpha value is -2.98. The summed E-state index contributed by atoms with van der Waals surface area (Å²) in [5.74, 6) is -3.62. The normalized spacial score (nSPS) is 26.6. The molecule has 4 amide bonds. The van der Waals surface area contributed by atoms with E-state index in [9.17, 15) is 28.8 Å². The Morgan fingerprint density at radius 1 is 1.00 bits per heavy atom. The average molecular weight is 617 g/mol. The van der Waals surface area contributed by atoms with Crippen LogP contribution in [0, 0.1) is 45.8 Å². The summed E-state index contributed by atoms with van der Waals surface area (Å²) in [5, 5.41) is 5.52. The van der Waals surface area contributed by atoms with Crippen molar-refractivity contribution in [3.63, 3.8) is 0 Å². The Labute approximate surface area is 261 Å². The van der Waals surface area contributed by atoms with Gasteiger partial charge >= 0.3 is 12.0 Å². The number of primary amides is 1. The zero-order valence-corrected chi connectivity index (χ0v) is 27.7. The van der Waals surface area contributed by atoms with Crippen molar-refractivity contribution in [2.75, 3.05) is 13.2 Å². The number of rotatable bonds is 14. The topological polar surface area (TPSA) is 165 Å². The average Bonchev–Trinajstić information content (AvgIpc) is 3.88. The summed E-state index contributed by atoms with van der Waals surface area (Å²) in [6.45, 7) is 16.0. The number of ether oxygens (including phenoxy) is 1. The summed E-state index contributed by atoms with van der Waals surface area (Å²) in [4.78, 5) is 80.2. The Bertz CT molecular complexity index is 1200. The summed E-state index contributed by atoms with van der Waals surface area (Å²) in [6, 6.07) is -3.33. The van der Waals surface area contributed by atoms with Gasteiger partial charge in [0.2, 0.25) is 11.7 Å². The SMILES string of the molecule is CC(C)[C@H](NC(=O)N[C@H](C(=O)N1C[C@H]2[C@@H]([C@H]1C(=O)CC(CC1CC1)C(=O)C(N)=O)C2(C)C)C(C)(C)C)C(=O)OCC1(C)CC1. The van der Waals surface area contributed by atoms with Gasteiger partial charge in [-0.15, -0.1) is 0 Å². The van der Waals surface area contributed by atoms with E-state index < -0.39 is 53.1 Å². The van der Waals surface area contributed by atoms with E-state index in [0.29, 0.717) is 25.5 Å². The van der Waals surface area contributed by atoms with E-state index in [0.717, 1.165) is 25.7 Å². The molecule has 1 heterocycles. The van der Waals surface area contributed by atoms with Crippen LogP contribution in [-0.4, -0.2) is 71.6 Å². The minimum Gasteiger partial charge on any atom is -0.464 e. The first kappa shape index (κ1) is 33.9. The fraction of sp³-hybridized carbons (Fsp3) is 0.818. The number of nitrogens with one attached hydrogen (secondary N) is 2. The van der Waals surface area contributed by atoms with E-state index in [-0.39, 0.29) is 46.7 Å². The quantitative estimate of drug-likeness (QED) is 0.199. The zero-order valence-electron chi connectivity index (χ0n) is 27.7. The lowest BCUT2D eigenvalue weighted by Gasteiger charge is -2.38. The highest BCUT2D eigenvalue weighted by atomic mass is 16.5. The molecule has 1 saturated heterocycles. The second kappa shape index (κ2) is 12.1. The maximum Gasteiger partial charge on any atom is 0.328 e. The minimum absolute atomic E-state index is 0.00716. The summed E-state index contributed by atoms with van der Waals surface area (Å²) < 4.78 is 5.51. The largest absolute Gasteiger partial charge is 0.464 e. The van der Waals surface area contributed by atoms with Crippen molar-refractivity contribution in [1.82, 2.24) is 15.5 Å². The smallest absolute Gasteiger partial charge is 0.328 e. The van der Waals surface area contributed by atoms with Crippen LogP contribution in [0.1, 0.15) is 93.9 Å². The summed E-state index contributed by atoms with van der Waals surface area (Å²) >= 11 is 0. The van der Waals surface area contributed by atoms with Gasteiger partial charge in [0.05, 0.1) is 12.6 Å². The lowest BCUT2D eigenvalue weighted by atomic mass is 9.84. The number of nitrogens with zero attached hydrogens (tertiary/aromatic N) is 1. The predicted octanol–water partition coefficient (Wildman–Crippen LogP) is 2.98. The number of amides is 4. The lowest BCUT2D eigenvalue weighted by molar-refractivity contribution is -0.148. The van der Waals surface area contributed by atoms with E-state index in [1.54, 1.807) is 4.90 Å². The number of ketones is 2. The Balaban J connectivity index is 1.48. The molecule has 0 aromatic carbocycles. The maximum atomic E-state index is 14.2. The van der Waals surface area contributed by atoms with Crippen LogP contribution in [0.2, 0.25) is 0 Å². The number of likely N-dealkylation sites (tertiary alicyclic amines) is 1. The third-order valence-corrected chi connectivity index (χ3v) is 10.5.